The molecule has 24 heavy (non-hydrogen) atoms. The number of rotatable bonds is 4. The van der Waals surface area contributed by atoms with E-state index < -0.39 is 0 Å². The Morgan fingerprint density at radius 2 is 2.21 bits per heavy atom. The number of aromatic nitrogens is 2. The molecule has 128 valence electrons. The van der Waals surface area contributed by atoms with Crippen LogP contribution >= 0.6 is 0 Å². The Bertz CT molecular complexity index is 706. The van der Waals surface area contributed by atoms with E-state index >= 15 is 0 Å². The summed E-state index contributed by atoms with van der Waals surface area (Å²) in [6.07, 6.45) is 3.98. The first-order valence-electron chi connectivity index (χ1n) is 8.57. The van der Waals surface area contributed by atoms with E-state index in [4.69, 9.17) is 0 Å². The van der Waals surface area contributed by atoms with E-state index in [1.807, 2.05) is 31.0 Å². The van der Waals surface area contributed by atoms with Crippen molar-refractivity contribution in [2.24, 2.45) is 13.0 Å². The Balaban J connectivity index is 1.58. The first-order valence-corrected chi connectivity index (χ1v) is 8.57. The third-order valence-electron chi connectivity index (χ3n) is 4.87. The Hall–Kier alpha value is -2.17. The second-order valence-electron chi connectivity index (χ2n) is 6.72. The predicted octanol–water partition coefficient (Wildman–Crippen LogP) is 3.35. The fourth-order valence-corrected chi connectivity index (χ4v) is 3.38. The number of carbonyl (C=O) groups excluding carboxylic acids is 1. The van der Waals surface area contributed by atoms with Crippen LogP contribution in [0.2, 0.25) is 0 Å². The van der Waals surface area contributed by atoms with Gasteiger partial charge in [-0.1, -0.05) is 12.1 Å². The minimum absolute atomic E-state index is 0.0224. The van der Waals surface area contributed by atoms with Gasteiger partial charge in [0.25, 0.3) is 5.91 Å². The zero-order chi connectivity index (χ0) is 17.1. The molecule has 2 heterocycles. The lowest BCUT2D eigenvalue weighted by molar-refractivity contribution is 0.0661. The number of likely N-dealkylation sites (tertiary alicyclic amines) is 1. The van der Waals surface area contributed by atoms with Crippen LogP contribution in [0.15, 0.2) is 30.3 Å². The van der Waals surface area contributed by atoms with E-state index in [0.717, 1.165) is 50.0 Å². The Morgan fingerprint density at radius 3 is 2.92 bits per heavy atom. The molecule has 1 saturated heterocycles. The van der Waals surface area contributed by atoms with Gasteiger partial charge in [-0.05, 0) is 62.3 Å². The highest BCUT2D eigenvalue weighted by Gasteiger charge is 2.25. The summed E-state index contributed by atoms with van der Waals surface area (Å²) in [5, 5.41) is 4.30. The summed E-state index contributed by atoms with van der Waals surface area (Å²) in [5.41, 5.74) is 2.54. The van der Waals surface area contributed by atoms with Gasteiger partial charge in [0.15, 0.2) is 5.69 Å². The Kier molecular flexibility index (Phi) is 4.97. The maximum Gasteiger partial charge on any atom is 0.274 e. The van der Waals surface area contributed by atoms with E-state index in [0.29, 0.717) is 11.6 Å². The number of halogens is 1. The van der Waals surface area contributed by atoms with E-state index in [1.54, 1.807) is 16.8 Å². The van der Waals surface area contributed by atoms with Gasteiger partial charge < -0.3 is 4.90 Å². The van der Waals surface area contributed by atoms with Crippen molar-refractivity contribution in [3.63, 3.8) is 0 Å². The lowest BCUT2D eigenvalue weighted by Crippen LogP contribution is -2.40. The van der Waals surface area contributed by atoms with Crippen molar-refractivity contribution in [1.82, 2.24) is 14.7 Å². The summed E-state index contributed by atoms with van der Waals surface area (Å²) >= 11 is 0. The number of hydrogen-bond acceptors (Lipinski definition) is 2. The Labute approximate surface area is 142 Å². The molecule has 1 aromatic heterocycles. The second kappa shape index (κ2) is 7.16. The number of aryl methyl sites for hydroxylation is 3. The third kappa shape index (κ3) is 3.83. The second-order valence-corrected chi connectivity index (χ2v) is 6.72. The smallest absolute Gasteiger partial charge is 0.274 e. The quantitative estimate of drug-likeness (QED) is 0.863. The lowest BCUT2D eigenvalue weighted by atomic mass is 9.91. The average molecular weight is 329 g/mol. The van der Waals surface area contributed by atoms with Gasteiger partial charge in [-0.3, -0.25) is 9.48 Å². The maximum atomic E-state index is 13.3. The molecule has 0 saturated carbocycles. The number of piperidine rings is 1. The molecular weight excluding hydrogens is 305 g/mol. The topological polar surface area (TPSA) is 38.1 Å². The van der Waals surface area contributed by atoms with Crippen molar-refractivity contribution in [2.45, 2.75) is 32.6 Å². The molecule has 2 aromatic rings. The largest absolute Gasteiger partial charge is 0.337 e. The van der Waals surface area contributed by atoms with Crippen molar-refractivity contribution >= 4 is 5.91 Å². The zero-order valence-electron chi connectivity index (χ0n) is 14.3. The van der Waals surface area contributed by atoms with Crippen LogP contribution < -0.4 is 0 Å². The highest BCUT2D eigenvalue weighted by molar-refractivity contribution is 5.92. The number of amides is 1. The molecule has 0 N–H and O–H groups in total. The molecular formula is C19H24FN3O. The van der Waals surface area contributed by atoms with Gasteiger partial charge in [0.1, 0.15) is 5.82 Å². The molecule has 0 aliphatic carbocycles. The Morgan fingerprint density at radius 1 is 1.38 bits per heavy atom. The van der Waals surface area contributed by atoms with Crippen LogP contribution in [0.1, 0.15) is 41.0 Å². The van der Waals surface area contributed by atoms with Crippen LogP contribution in [-0.2, 0) is 13.5 Å². The van der Waals surface area contributed by atoms with Crippen molar-refractivity contribution in [3.8, 4) is 0 Å². The summed E-state index contributed by atoms with van der Waals surface area (Å²) in [4.78, 5) is 14.5. The van der Waals surface area contributed by atoms with Gasteiger partial charge in [-0.25, -0.2) is 4.39 Å². The van der Waals surface area contributed by atoms with E-state index in [1.165, 1.54) is 6.07 Å². The molecule has 1 aliphatic rings. The molecule has 1 fully saturated rings. The van der Waals surface area contributed by atoms with Crippen LogP contribution in [-0.4, -0.2) is 33.7 Å². The summed E-state index contributed by atoms with van der Waals surface area (Å²) in [6.45, 7) is 3.51. The standard InChI is InChI=1S/C19H24FN3O/c1-14-11-18(21-22(14)2)19(24)23-10-4-6-16(13-23)9-8-15-5-3-7-17(20)12-15/h3,5,7,11-12,16H,4,6,8-10,13H2,1-2H3. The first kappa shape index (κ1) is 16.7. The molecule has 5 heteroatoms. The van der Waals surface area contributed by atoms with Crippen LogP contribution in [0.3, 0.4) is 0 Å². The number of carbonyl (C=O) groups is 1. The molecule has 4 nitrogen and oxygen atoms in total. The van der Waals surface area contributed by atoms with Crippen LogP contribution in [0.25, 0.3) is 0 Å². The van der Waals surface area contributed by atoms with Crippen molar-refractivity contribution < 1.29 is 9.18 Å². The van der Waals surface area contributed by atoms with Gasteiger partial charge in [0, 0.05) is 25.8 Å². The normalized spacial score (nSPS) is 18.0. The van der Waals surface area contributed by atoms with E-state index in [9.17, 15) is 9.18 Å². The minimum atomic E-state index is -0.182. The molecule has 1 atom stereocenters. The molecule has 1 aliphatic heterocycles. The number of hydrogen-bond donors (Lipinski definition) is 0. The molecule has 0 radical (unpaired) electrons. The highest BCUT2D eigenvalue weighted by Crippen LogP contribution is 2.23. The average Bonchev–Trinajstić information content (AvgIpc) is 2.92. The molecule has 0 bridgehead atoms. The van der Waals surface area contributed by atoms with Crippen LogP contribution in [0, 0.1) is 18.7 Å². The molecule has 1 aromatic carbocycles. The van der Waals surface area contributed by atoms with E-state index in [-0.39, 0.29) is 11.7 Å². The first-order chi connectivity index (χ1) is 11.5. The van der Waals surface area contributed by atoms with Crippen molar-refractivity contribution in [1.29, 1.82) is 0 Å². The van der Waals surface area contributed by atoms with Gasteiger partial charge in [0.2, 0.25) is 0 Å². The predicted molar refractivity (Wildman–Crippen MR) is 91.3 cm³/mol. The van der Waals surface area contributed by atoms with Gasteiger partial charge in [-0.15, -0.1) is 0 Å². The summed E-state index contributed by atoms with van der Waals surface area (Å²) in [5.74, 6) is 0.309. The molecule has 1 unspecified atom stereocenters. The van der Waals surface area contributed by atoms with Crippen molar-refractivity contribution in [3.05, 3.63) is 53.1 Å². The van der Waals surface area contributed by atoms with Gasteiger partial charge >= 0.3 is 0 Å². The fourth-order valence-electron chi connectivity index (χ4n) is 3.38. The lowest BCUT2D eigenvalue weighted by Gasteiger charge is -2.32. The fraction of sp³-hybridized carbons (Fsp3) is 0.474. The summed E-state index contributed by atoms with van der Waals surface area (Å²) < 4.78 is 15.0. The number of benzene rings is 1. The molecule has 1 amide bonds. The third-order valence-corrected chi connectivity index (χ3v) is 4.87. The SMILES string of the molecule is Cc1cc(C(=O)N2CCCC(CCc3cccc(F)c3)C2)nn1C. The van der Waals surface area contributed by atoms with Crippen LogP contribution in [0.5, 0.6) is 0 Å². The zero-order valence-corrected chi connectivity index (χ0v) is 14.3. The molecule has 3 rings (SSSR count). The minimum Gasteiger partial charge on any atom is -0.337 e. The summed E-state index contributed by atoms with van der Waals surface area (Å²) in [6, 6.07) is 8.64. The van der Waals surface area contributed by atoms with Crippen molar-refractivity contribution in [2.75, 3.05) is 13.1 Å². The maximum absolute atomic E-state index is 13.3. The van der Waals surface area contributed by atoms with Crippen LogP contribution in [0.4, 0.5) is 4.39 Å². The van der Waals surface area contributed by atoms with Gasteiger partial charge in [0.05, 0.1) is 0 Å². The molecule has 0 spiro atoms. The van der Waals surface area contributed by atoms with Gasteiger partial charge in [-0.2, -0.15) is 5.10 Å². The highest BCUT2D eigenvalue weighted by atomic mass is 19.1. The summed E-state index contributed by atoms with van der Waals surface area (Å²) in [7, 11) is 1.85. The van der Waals surface area contributed by atoms with E-state index in [2.05, 4.69) is 5.10 Å². The monoisotopic (exact) mass is 329 g/mol. The number of nitrogens with zero attached hydrogens (tertiary/aromatic N) is 3.